The minimum atomic E-state index is -4.75. The van der Waals surface area contributed by atoms with Gasteiger partial charge in [0.2, 0.25) is 11.7 Å². The minimum Gasteiger partial charge on any atom is -0.493 e. The van der Waals surface area contributed by atoms with Gasteiger partial charge in [-0.2, -0.15) is 18.2 Å². The van der Waals surface area contributed by atoms with Gasteiger partial charge in [0, 0.05) is 24.5 Å². The van der Waals surface area contributed by atoms with Gasteiger partial charge in [-0.1, -0.05) is 17.3 Å². The molecule has 2 aliphatic rings. The number of ether oxygens (including phenoxy) is 2. The van der Waals surface area contributed by atoms with E-state index in [1.165, 1.54) is 13.0 Å². The summed E-state index contributed by atoms with van der Waals surface area (Å²) in [4.78, 5) is 14.9. The van der Waals surface area contributed by atoms with Crippen molar-refractivity contribution in [2.45, 2.75) is 50.6 Å². The number of carboxylic acid groups (broad SMARTS) is 1. The molecule has 0 fully saturated rings. The van der Waals surface area contributed by atoms with Gasteiger partial charge in [-0.3, -0.25) is 4.79 Å². The van der Waals surface area contributed by atoms with E-state index in [2.05, 4.69) is 10.1 Å². The molecule has 1 aromatic heterocycles. The average Bonchev–Trinajstić information content (AvgIpc) is 3.66. The van der Waals surface area contributed by atoms with Crippen LogP contribution in [0.5, 0.6) is 11.5 Å². The zero-order valence-corrected chi connectivity index (χ0v) is 22.8. The maximum Gasteiger partial charge on any atom is 0.417 e. The number of carboxylic acids is 1. The third-order valence-electron chi connectivity index (χ3n) is 7.94. The minimum absolute atomic E-state index is 0.0335. The zero-order chi connectivity index (χ0) is 30.5. The van der Waals surface area contributed by atoms with Crippen LogP contribution in [0, 0.1) is 18.6 Å². The summed E-state index contributed by atoms with van der Waals surface area (Å²) in [5.74, 6) is -2.61. The van der Waals surface area contributed by atoms with Crippen LogP contribution in [-0.2, 0) is 17.4 Å². The van der Waals surface area contributed by atoms with Crippen molar-refractivity contribution >= 4 is 5.97 Å². The first kappa shape index (κ1) is 28.6. The Morgan fingerprint density at radius 2 is 1.79 bits per heavy atom. The largest absolute Gasteiger partial charge is 0.493 e. The lowest BCUT2D eigenvalue weighted by Gasteiger charge is -2.19. The average molecular weight is 601 g/mol. The highest BCUT2D eigenvalue weighted by Crippen LogP contribution is 2.47. The number of fused-ring (bicyclic) bond motifs is 2. The van der Waals surface area contributed by atoms with E-state index in [9.17, 15) is 18.0 Å². The fourth-order valence-corrected chi connectivity index (χ4v) is 6.03. The lowest BCUT2D eigenvalue weighted by Crippen LogP contribution is -2.10. The summed E-state index contributed by atoms with van der Waals surface area (Å²) in [5, 5.41) is 12.6. The number of carbonyl (C=O) groups is 1. The quantitative estimate of drug-likeness (QED) is 0.210. The Labute approximate surface area is 242 Å². The van der Waals surface area contributed by atoms with Crippen LogP contribution < -0.4 is 9.47 Å². The molecule has 0 amide bonds. The molecular formula is C31H25F5N2O5. The molecule has 7 nitrogen and oxygen atoms in total. The summed E-state index contributed by atoms with van der Waals surface area (Å²) in [7, 11) is 0. The van der Waals surface area contributed by atoms with Crippen molar-refractivity contribution in [2.75, 3.05) is 13.2 Å². The number of halogens is 5. The van der Waals surface area contributed by atoms with Crippen LogP contribution in [-0.4, -0.2) is 34.4 Å². The number of hydrogen-bond donors (Lipinski definition) is 1. The first-order chi connectivity index (χ1) is 20.5. The van der Waals surface area contributed by atoms with E-state index in [-0.39, 0.29) is 54.3 Å². The fourth-order valence-electron chi connectivity index (χ4n) is 6.03. The molecule has 0 saturated carbocycles. The number of nitrogens with zero attached hydrogens (tertiary/aromatic N) is 2. The Kier molecular flexibility index (Phi) is 7.31. The predicted octanol–water partition coefficient (Wildman–Crippen LogP) is 7.46. The van der Waals surface area contributed by atoms with E-state index < -0.39 is 34.9 Å². The Bertz CT molecular complexity index is 1690. The van der Waals surface area contributed by atoms with E-state index in [0.29, 0.717) is 41.9 Å². The topological polar surface area (TPSA) is 94.7 Å². The molecule has 0 spiro atoms. The molecule has 6 rings (SSSR count). The van der Waals surface area contributed by atoms with Gasteiger partial charge < -0.3 is 19.1 Å². The van der Waals surface area contributed by atoms with Crippen molar-refractivity contribution in [2.24, 2.45) is 0 Å². The van der Waals surface area contributed by atoms with Crippen molar-refractivity contribution in [3.8, 4) is 34.0 Å². The summed E-state index contributed by atoms with van der Waals surface area (Å²) >= 11 is 0. The van der Waals surface area contributed by atoms with Crippen LogP contribution in [0.15, 0.2) is 47.0 Å². The standard InChI is InChI=1S/C31H25F5N2O5/c1-15-37-30(38-43-15)29-24(32)10-17(11-25(29)33)28-22-4-2-16(20(22)6-7-23(28)31(34,35)36)8-9-41-19-3-5-21-18(12-27(39)40)14-42-26(21)13-19/h3,5-7,10-11,13,16,18H,2,4,8-9,12,14H2,1H3,(H,39,40). The number of benzene rings is 3. The van der Waals surface area contributed by atoms with E-state index in [1.807, 2.05) is 0 Å². The van der Waals surface area contributed by atoms with Crippen LogP contribution in [0.2, 0.25) is 0 Å². The van der Waals surface area contributed by atoms with E-state index in [1.54, 1.807) is 18.2 Å². The number of alkyl halides is 3. The highest BCUT2D eigenvalue weighted by atomic mass is 19.4. The molecule has 0 bridgehead atoms. The van der Waals surface area contributed by atoms with Gasteiger partial charge in [0.1, 0.15) is 23.1 Å². The Morgan fingerprint density at radius 1 is 1.05 bits per heavy atom. The normalized spacial score (nSPS) is 17.4. The molecule has 1 N–H and O–H groups in total. The second-order valence-corrected chi connectivity index (χ2v) is 10.7. The first-order valence-electron chi connectivity index (χ1n) is 13.6. The zero-order valence-electron chi connectivity index (χ0n) is 22.8. The van der Waals surface area contributed by atoms with Gasteiger partial charge in [0.15, 0.2) is 0 Å². The van der Waals surface area contributed by atoms with Crippen LogP contribution in [0.4, 0.5) is 22.0 Å². The maximum absolute atomic E-state index is 15.1. The smallest absolute Gasteiger partial charge is 0.417 e. The van der Waals surface area contributed by atoms with Gasteiger partial charge in [0.25, 0.3) is 0 Å². The van der Waals surface area contributed by atoms with Gasteiger partial charge >= 0.3 is 12.1 Å². The van der Waals surface area contributed by atoms with Crippen molar-refractivity contribution in [3.05, 3.63) is 82.2 Å². The molecule has 12 heteroatoms. The van der Waals surface area contributed by atoms with Gasteiger partial charge in [-0.05, 0) is 71.7 Å². The molecular weight excluding hydrogens is 575 g/mol. The van der Waals surface area contributed by atoms with Crippen LogP contribution in [0.3, 0.4) is 0 Å². The summed E-state index contributed by atoms with van der Waals surface area (Å²) in [6, 6.07) is 9.38. The van der Waals surface area contributed by atoms with E-state index in [4.69, 9.17) is 19.1 Å². The molecule has 0 saturated heterocycles. The Morgan fingerprint density at radius 3 is 2.47 bits per heavy atom. The monoisotopic (exact) mass is 600 g/mol. The van der Waals surface area contributed by atoms with Crippen molar-refractivity contribution in [1.82, 2.24) is 10.1 Å². The molecule has 0 radical (unpaired) electrons. The Hall–Kier alpha value is -4.48. The lowest BCUT2D eigenvalue weighted by atomic mass is 9.89. The predicted molar refractivity (Wildman–Crippen MR) is 143 cm³/mol. The number of aliphatic carboxylic acids is 1. The van der Waals surface area contributed by atoms with E-state index >= 15 is 8.78 Å². The highest BCUT2D eigenvalue weighted by molar-refractivity contribution is 5.76. The van der Waals surface area contributed by atoms with Gasteiger partial charge in [-0.15, -0.1) is 0 Å². The van der Waals surface area contributed by atoms with Crippen LogP contribution >= 0.6 is 0 Å². The fraction of sp³-hybridized carbons (Fsp3) is 0.323. The number of rotatable bonds is 8. The lowest BCUT2D eigenvalue weighted by molar-refractivity contribution is -0.138. The molecule has 43 heavy (non-hydrogen) atoms. The number of aryl methyl sites for hydroxylation is 1. The van der Waals surface area contributed by atoms with Crippen molar-refractivity contribution < 1.29 is 45.8 Å². The maximum atomic E-state index is 15.1. The second-order valence-electron chi connectivity index (χ2n) is 10.7. The third kappa shape index (κ3) is 5.53. The van der Waals surface area contributed by atoms with E-state index in [0.717, 1.165) is 23.8 Å². The highest BCUT2D eigenvalue weighted by Gasteiger charge is 2.38. The molecule has 3 aromatic carbocycles. The molecule has 1 aliphatic heterocycles. The van der Waals surface area contributed by atoms with Crippen LogP contribution in [0.25, 0.3) is 22.5 Å². The molecule has 1 aliphatic carbocycles. The van der Waals surface area contributed by atoms with Crippen molar-refractivity contribution in [1.29, 1.82) is 0 Å². The van der Waals surface area contributed by atoms with Crippen molar-refractivity contribution in [3.63, 3.8) is 0 Å². The number of hydrogen-bond acceptors (Lipinski definition) is 6. The SMILES string of the molecule is Cc1nc(-c2c(F)cc(-c3c(C(F)(F)F)ccc4c3CCC4CCOc3ccc4c(c3)OCC4CC(=O)O)cc2F)no1. The molecule has 224 valence electrons. The van der Waals surface area contributed by atoms with Gasteiger partial charge in [0.05, 0.1) is 30.8 Å². The molecule has 2 unspecified atom stereocenters. The third-order valence-corrected chi connectivity index (χ3v) is 7.94. The molecule has 2 heterocycles. The summed E-state index contributed by atoms with van der Waals surface area (Å²) < 4.78 is 89.0. The first-order valence-corrected chi connectivity index (χ1v) is 13.6. The second kappa shape index (κ2) is 11.0. The summed E-state index contributed by atoms with van der Waals surface area (Å²) in [6.07, 6.45) is -3.44. The summed E-state index contributed by atoms with van der Waals surface area (Å²) in [6.45, 7) is 1.99. The summed E-state index contributed by atoms with van der Waals surface area (Å²) in [5.41, 5.74) is -0.124. The van der Waals surface area contributed by atoms with Gasteiger partial charge in [-0.25, -0.2) is 8.78 Å². The molecule has 2 atom stereocenters. The van der Waals surface area contributed by atoms with Crippen LogP contribution in [0.1, 0.15) is 59.2 Å². The Balaban J connectivity index is 1.24. The molecule has 4 aromatic rings. The number of aromatic nitrogens is 2.